The van der Waals surface area contributed by atoms with Crippen LogP contribution in [0.2, 0.25) is 0 Å². The Bertz CT molecular complexity index is 768. The SMILES string of the molecule is CCCC(=O)O[C@H]1CCc2cc(OCCCNc3ncc(Br)cn3)ccc21. The second kappa shape index (κ2) is 9.69. The highest BCUT2D eigenvalue weighted by Crippen LogP contribution is 2.36. The van der Waals surface area contributed by atoms with Crippen LogP contribution in [0.3, 0.4) is 0 Å². The van der Waals surface area contributed by atoms with Gasteiger partial charge in [0.2, 0.25) is 5.95 Å². The summed E-state index contributed by atoms with van der Waals surface area (Å²) in [6, 6.07) is 6.04. The van der Waals surface area contributed by atoms with Gasteiger partial charge in [-0.15, -0.1) is 0 Å². The summed E-state index contributed by atoms with van der Waals surface area (Å²) in [6.45, 7) is 3.33. The van der Waals surface area contributed by atoms with Crippen LogP contribution in [0.5, 0.6) is 5.75 Å². The second-order valence-corrected chi connectivity index (χ2v) is 7.40. The summed E-state index contributed by atoms with van der Waals surface area (Å²) in [5, 5.41) is 3.16. The number of anilines is 1. The lowest BCUT2D eigenvalue weighted by molar-refractivity contribution is -0.149. The third-order valence-corrected chi connectivity index (χ3v) is 4.77. The number of carbonyl (C=O) groups is 1. The summed E-state index contributed by atoms with van der Waals surface area (Å²) in [7, 11) is 0. The van der Waals surface area contributed by atoms with E-state index in [9.17, 15) is 4.79 Å². The number of rotatable bonds is 9. The molecule has 0 saturated heterocycles. The molecule has 7 heteroatoms. The monoisotopic (exact) mass is 433 g/mol. The molecule has 3 rings (SSSR count). The number of ether oxygens (including phenoxy) is 2. The van der Waals surface area contributed by atoms with Gasteiger partial charge in [0.15, 0.2) is 0 Å². The lowest BCUT2D eigenvalue weighted by Crippen LogP contribution is -2.09. The number of aromatic nitrogens is 2. The fraction of sp³-hybridized carbons (Fsp3) is 0.450. The van der Waals surface area contributed by atoms with Crippen LogP contribution in [-0.2, 0) is 16.0 Å². The van der Waals surface area contributed by atoms with Crippen molar-refractivity contribution in [3.63, 3.8) is 0 Å². The van der Waals surface area contributed by atoms with Crippen molar-refractivity contribution < 1.29 is 14.3 Å². The highest BCUT2D eigenvalue weighted by atomic mass is 79.9. The summed E-state index contributed by atoms with van der Waals surface area (Å²) in [5.41, 5.74) is 2.32. The van der Waals surface area contributed by atoms with Crippen molar-refractivity contribution in [1.82, 2.24) is 9.97 Å². The van der Waals surface area contributed by atoms with Gasteiger partial charge in [0.1, 0.15) is 11.9 Å². The fourth-order valence-electron chi connectivity index (χ4n) is 3.05. The zero-order valence-corrected chi connectivity index (χ0v) is 17.0. The quantitative estimate of drug-likeness (QED) is 0.465. The molecule has 1 aromatic heterocycles. The third kappa shape index (κ3) is 5.66. The summed E-state index contributed by atoms with van der Waals surface area (Å²) < 4.78 is 12.3. The van der Waals surface area contributed by atoms with Crippen LogP contribution in [0.25, 0.3) is 0 Å². The normalized spacial score (nSPS) is 15.3. The number of aryl methyl sites for hydroxylation is 1. The van der Waals surface area contributed by atoms with Crippen LogP contribution in [0.15, 0.2) is 35.1 Å². The van der Waals surface area contributed by atoms with E-state index < -0.39 is 0 Å². The first-order valence-electron chi connectivity index (χ1n) is 9.32. The van der Waals surface area contributed by atoms with Crippen LogP contribution in [0, 0.1) is 0 Å². The molecule has 1 N–H and O–H groups in total. The second-order valence-electron chi connectivity index (χ2n) is 6.48. The Labute approximate surface area is 167 Å². The number of hydrogen-bond acceptors (Lipinski definition) is 6. The van der Waals surface area contributed by atoms with Gasteiger partial charge < -0.3 is 14.8 Å². The van der Waals surface area contributed by atoms with E-state index in [-0.39, 0.29) is 12.1 Å². The molecule has 144 valence electrons. The Balaban J connectivity index is 1.43. The lowest BCUT2D eigenvalue weighted by Gasteiger charge is -2.14. The van der Waals surface area contributed by atoms with Gasteiger partial charge >= 0.3 is 5.97 Å². The zero-order valence-electron chi connectivity index (χ0n) is 15.4. The van der Waals surface area contributed by atoms with Gasteiger partial charge in [-0.1, -0.05) is 13.0 Å². The molecule has 0 unspecified atom stereocenters. The summed E-state index contributed by atoms with van der Waals surface area (Å²) in [4.78, 5) is 20.1. The van der Waals surface area contributed by atoms with Gasteiger partial charge in [0.25, 0.3) is 0 Å². The maximum atomic E-state index is 11.7. The highest BCUT2D eigenvalue weighted by Gasteiger charge is 2.25. The smallest absolute Gasteiger partial charge is 0.306 e. The number of hydrogen-bond donors (Lipinski definition) is 1. The Kier molecular flexibility index (Phi) is 7.04. The number of nitrogens with zero attached hydrogens (tertiary/aromatic N) is 2. The molecule has 6 nitrogen and oxygen atoms in total. The molecule has 1 aliphatic carbocycles. The minimum Gasteiger partial charge on any atom is -0.494 e. The van der Waals surface area contributed by atoms with Crippen molar-refractivity contribution in [3.05, 3.63) is 46.2 Å². The average Bonchev–Trinajstić information content (AvgIpc) is 3.05. The van der Waals surface area contributed by atoms with Gasteiger partial charge in [0, 0.05) is 25.4 Å². The van der Waals surface area contributed by atoms with Crippen LogP contribution >= 0.6 is 15.9 Å². The third-order valence-electron chi connectivity index (χ3n) is 4.36. The molecule has 27 heavy (non-hydrogen) atoms. The van der Waals surface area contributed by atoms with E-state index >= 15 is 0 Å². The molecule has 2 aromatic rings. The molecule has 0 amide bonds. The van der Waals surface area contributed by atoms with Crippen molar-refractivity contribution in [3.8, 4) is 5.75 Å². The molecule has 0 spiro atoms. The number of carbonyl (C=O) groups excluding carboxylic acids is 1. The summed E-state index contributed by atoms with van der Waals surface area (Å²) in [6.07, 6.45) is 7.22. The molecular weight excluding hydrogens is 410 g/mol. The standard InChI is InChI=1S/C20H24BrN3O3/c1-2-4-19(25)27-18-8-5-14-11-16(6-7-17(14)18)26-10-3-9-22-20-23-12-15(21)13-24-20/h6-7,11-13,18H,2-5,8-10H2,1H3,(H,22,23,24)/t18-/m0/s1. The minimum atomic E-state index is -0.113. The predicted octanol–water partition coefficient (Wildman–Crippen LogP) is 4.45. The van der Waals surface area contributed by atoms with E-state index in [2.05, 4.69) is 37.3 Å². The van der Waals surface area contributed by atoms with E-state index in [4.69, 9.17) is 9.47 Å². The number of benzene rings is 1. The maximum absolute atomic E-state index is 11.7. The number of halogens is 1. The van der Waals surface area contributed by atoms with Crippen molar-refractivity contribution in [1.29, 1.82) is 0 Å². The Morgan fingerprint density at radius 1 is 1.33 bits per heavy atom. The van der Waals surface area contributed by atoms with Crippen LogP contribution in [0.1, 0.15) is 49.8 Å². The van der Waals surface area contributed by atoms with Crippen molar-refractivity contribution in [2.75, 3.05) is 18.5 Å². The number of nitrogens with one attached hydrogen (secondary N) is 1. The molecule has 0 saturated carbocycles. The van der Waals surface area contributed by atoms with Crippen molar-refractivity contribution in [2.24, 2.45) is 0 Å². The van der Waals surface area contributed by atoms with Gasteiger partial charge in [-0.05, 0) is 64.9 Å². The fourth-order valence-corrected chi connectivity index (χ4v) is 3.26. The predicted molar refractivity (Wildman–Crippen MR) is 107 cm³/mol. The molecule has 0 fully saturated rings. The van der Waals surface area contributed by atoms with E-state index in [1.165, 1.54) is 5.56 Å². The molecule has 1 heterocycles. The molecule has 1 aliphatic rings. The largest absolute Gasteiger partial charge is 0.494 e. The van der Waals surface area contributed by atoms with Gasteiger partial charge in [-0.3, -0.25) is 4.79 Å². The number of esters is 1. The molecule has 0 aliphatic heterocycles. The molecule has 1 atom stereocenters. The van der Waals surface area contributed by atoms with Gasteiger partial charge in [-0.25, -0.2) is 9.97 Å². The maximum Gasteiger partial charge on any atom is 0.306 e. The van der Waals surface area contributed by atoms with Crippen molar-refractivity contribution in [2.45, 2.75) is 45.1 Å². The van der Waals surface area contributed by atoms with Gasteiger partial charge in [-0.2, -0.15) is 0 Å². The van der Waals surface area contributed by atoms with Crippen molar-refractivity contribution >= 4 is 27.8 Å². The molecule has 0 radical (unpaired) electrons. The van der Waals surface area contributed by atoms with E-state index in [0.717, 1.165) is 48.0 Å². The minimum absolute atomic E-state index is 0.108. The van der Waals surface area contributed by atoms with E-state index in [1.807, 2.05) is 19.1 Å². The highest BCUT2D eigenvalue weighted by molar-refractivity contribution is 9.10. The first kappa shape index (κ1) is 19.6. The first-order valence-corrected chi connectivity index (χ1v) is 10.1. The lowest BCUT2D eigenvalue weighted by atomic mass is 10.1. The van der Waals surface area contributed by atoms with Crippen LogP contribution in [-0.4, -0.2) is 29.1 Å². The van der Waals surface area contributed by atoms with E-state index in [1.54, 1.807) is 12.4 Å². The Morgan fingerprint density at radius 3 is 2.93 bits per heavy atom. The molecule has 1 aromatic carbocycles. The topological polar surface area (TPSA) is 73.3 Å². The molecule has 0 bridgehead atoms. The van der Waals surface area contributed by atoms with Crippen LogP contribution in [0.4, 0.5) is 5.95 Å². The molecular formula is C20H24BrN3O3. The Hall–Kier alpha value is -2.15. The summed E-state index contributed by atoms with van der Waals surface area (Å²) >= 11 is 3.31. The average molecular weight is 434 g/mol. The van der Waals surface area contributed by atoms with Gasteiger partial charge in [0.05, 0.1) is 11.1 Å². The first-order chi connectivity index (χ1) is 13.2. The van der Waals surface area contributed by atoms with E-state index in [0.29, 0.717) is 19.0 Å². The Morgan fingerprint density at radius 2 is 2.15 bits per heavy atom. The summed E-state index contributed by atoms with van der Waals surface area (Å²) in [5.74, 6) is 1.35. The van der Waals surface area contributed by atoms with Crippen LogP contribution < -0.4 is 10.1 Å². The zero-order chi connectivity index (χ0) is 19.1. The number of fused-ring (bicyclic) bond motifs is 1.